The van der Waals surface area contributed by atoms with Gasteiger partial charge in [0.15, 0.2) is 0 Å². The molecule has 0 atom stereocenters. The Bertz CT molecular complexity index is 747. The first-order chi connectivity index (χ1) is 11.5. The normalized spacial score (nSPS) is 15.9. The molecule has 1 saturated carbocycles. The zero-order valence-electron chi connectivity index (χ0n) is 14.5. The maximum Gasteiger partial charge on any atom is 0.267 e. The fraction of sp³-hybridized carbons (Fsp3) is 0.450. The molecule has 3 rings (SSSR count). The van der Waals surface area contributed by atoms with Crippen LogP contribution in [0.25, 0.3) is 11.3 Å². The van der Waals surface area contributed by atoms with Crippen LogP contribution >= 0.6 is 0 Å². The van der Waals surface area contributed by atoms with Gasteiger partial charge >= 0.3 is 0 Å². The predicted octanol–water partition coefficient (Wildman–Crippen LogP) is 4.30. The minimum Gasteiger partial charge on any atom is -0.364 e. The summed E-state index contributed by atoms with van der Waals surface area (Å²) in [6.07, 6.45) is 7.14. The second kappa shape index (κ2) is 7.12. The Morgan fingerprint density at radius 2 is 1.71 bits per heavy atom. The molecule has 126 valence electrons. The minimum absolute atomic E-state index is 0.317. The summed E-state index contributed by atoms with van der Waals surface area (Å²) in [5.74, 6) is 0.621. The third-order valence-corrected chi connectivity index (χ3v) is 5.02. The molecule has 0 bridgehead atoms. The molecule has 1 aromatic carbocycles. The standard InChI is InChI=1S/C20H25N3O/c1-13-9-10-16(11-14(13)2)17-12-18(19(21)24)23-20(22-17)15-7-5-3-4-6-8-15/h9-12,15H,3-8H2,1-2H3,(H2,21,24). The lowest BCUT2D eigenvalue weighted by molar-refractivity contribution is 0.0995. The zero-order valence-corrected chi connectivity index (χ0v) is 14.5. The Kier molecular flexibility index (Phi) is 4.93. The van der Waals surface area contributed by atoms with Crippen LogP contribution in [-0.4, -0.2) is 15.9 Å². The van der Waals surface area contributed by atoms with Crippen molar-refractivity contribution in [3.05, 3.63) is 46.9 Å². The number of carbonyl (C=O) groups is 1. The molecular formula is C20H25N3O. The predicted molar refractivity (Wildman–Crippen MR) is 95.9 cm³/mol. The Labute approximate surface area is 143 Å². The minimum atomic E-state index is -0.489. The second-order valence-corrected chi connectivity index (χ2v) is 6.85. The van der Waals surface area contributed by atoms with Crippen LogP contribution in [0.15, 0.2) is 24.3 Å². The summed E-state index contributed by atoms with van der Waals surface area (Å²) in [6, 6.07) is 7.96. The van der Waals surface area contributed by atoms with Crippen LogP contribution in [0.2, 0.25) is 0 Å². The van der Waals surface area contributed by atoms with Crippen molar-refractivity contribution >= 4 is 5.91 Å². The highest BCUT2D eigenvalue weighted by Crippen LogP contribution is 2.31. The van der Waals surface area contributed by atoms with Gasteiger partial charge in [-0.05, 0) is 49.9 Å². The first kappa shape index (κ1) is 16.6. The zero-order chi connectivity index (χ0) is 17.1. The van der Waals surface area contributed by atoms with E-state index in [0.29, 0.717) is 11.6 Å². The number of aromatic nitrogens is 2. The van der Waals surface area contributed by atoms with Crippen LogP contribution in [0.1, 0.15) is 71.9 Å². The number of rotatable bonds is 3. The van der Waals surface area contributed by atoms with Gasteiger partial charge in [-0.1, -0.05) is 37.8 Å². The molecule has 4 nitrogen and oxygen atoms in total. The highest BCUT2D eigenvalue weighted by molar-refractivity contribution is 5.91. The van der Waals surface area contributed by atoms with Crippen molar-refractivity contribution in [1.29, 1.82) is 0 Å². The number of nitrogens with two attached hydrogens (primary N) is 1. The Morgan fingerprint density at radius 1 is 1.00 bits per heavy atom. The highest BCUT2D eigenvalue weighted by Gasteiger charge is 2.20. The van der Waals surface area contributed by atoms with Crippen molar-refractivity contribution in [2.75, 3.05) is 0 Å². The SMILES string of the molecule is Cc1ccc(-c2cc(C(N)=O)nc(C3CCCCCC3)n2)cc1C. The van der Waals surface area contributed by atoms with E-state index < -0.39 is 5.91 Å². The van der Waals surface area contributed by atoms with Crippen LogP contribution in [0.5, 0.6) is 0 Å². The van der Waals surface area contributed by atoms with E-state index in [0.717, 1.165) is 29.9 Å². The van der Waals surface area contributed by atoms with E-state index in [4.69, 9.17) is 10.7 Å². The summed E-state index contributed by atoms with van der Waals surface area (Å²) < 4.78 is 0. The van der Waals surface area contributed by atoms with E-state index in [-0.39, 0.29) is 0 Å². The third kappa shape index (κ3) is 3.64. The average molecular weight is 323 g/mol. The highest BCUT2D eigenvalue weighted by atomic mass is 16.1. The largest absolute Gasteiger partial charge is 0.364 e. The number of hydrogen-bond acceptors (Lipinski definition) is 3. The molecule has 2 N–H and O–H groups in total. The van der Waals surface area contributed by atoms with E-state index in [9.17, 15) is 4.79 Å². The number of benzene rings is 1. The maximum atomic E-state index is 11.7. The first-order valence-corrected chi connectivity index (χ1v) is 8.81. The van der Waals surface area contributed by atoms with Crippen LogP contribution in [-0.2, 0) is 0 Å². The number of carbonyl (C=O) groups excluding carboxylic acids is 1. The molecule has 1 fully saturated rings. The Balaban J connectivity index is 2.04. The molecule has 4 heteroatoms. The van der Waals surface area contributed by atoms with Crippen LogP contribution in [0.4, 0.5) is 0 Å². The summed E-state index contributed by atoms with van der Waals surface area (Å²) in [4.78, 5) is 21.0. The van der Waals surface area contributed by atoms with Gasteiger partial charge in [-0.2, -0.15) is 0 Å². The average Bonchev–Trinajstić information content (AvgIpc) is 2.86. The van der Waals surface area contributed by atoms with Gasteiger partial charge in [0, 0.05) is 11.5 Å². The quantitative estimate of drug-likeness (QED) is 0.856. The maximum absolute atomic E-state index is 11.7. The smallest absolute Gasteiger partial charge is 0.267 e. The third-order valence-electron chi connectivity index (χ3n) is 5.02. The molecule has 1 aliphatic rings. The van der Waals surface area contributed by atoms with Gasteiger partial charge < -0.3 is 5.73 Å². The van der Waals surface area contributed by atoms with Gasteiger partial charge in [-0.15, -0.1) is 0 Å². The topological polar surface area (TPSA) is 68.9 Å². The molecule has 0 unspecified atom stereocenters. The molecule has 1 aromatic heterocycles. The van der Waals surface area contributed by atoms with Crippen molar-refractivity contribution in [2.45, 2.75) is 58.3 Å². The van der Waals surface area contributed by atoms with Gasteiger partial charge in [0.2, 0.25) is 0 Å². The van der Waals surface area contributed by atoms with E-state index >= 15 is 0 Å². The fourth-order valence-corrected chi connectivity index (χ4v) is 3.36. The van der Waals surface area contributed by atoms with Gasteiger partial charge in [0.1, 0.15) is 11.5 Å². The molecule has 1 amide bonds. The van der Waals surface area contributed by atoms with Gasteiger partial charge in [0.25, 0.3) is 5.91 Å². The van der Waals surface area contributed by atoms with Crippen molar-refractivity contribution < 1.29 is 4.79 Å². The lowest BCUT2D eigenvalue weighted by atomic mass is 9.98. The number of amides is 1. The van der Waals surface area contributed by atoms with E-state index in [2.05, 4.69) is 31.0 Å². The lowest BCUT2D eigenvalue weighted by Crippen LogP contribution is -2.16. The summed E-state index contributed by atoms with van der Waals surface area (Å²) in [5, 5.41) is 0. The number of nitrogens with zero attached hydrogens (tertiary/aromatic N) is 2. The second-order valence-electron chi connectivity index (χ2n) is 6.85. The van der Waals surface area contributed by atoms with E-state index in [1.54, 1.807) is 6.07 Å². The molecular weight excluding hydrogens is 298 g/mol. The number of primary amides is 1. The van der Waals surface area contributed by atoms with E-state index in [1.165, 1.54) is 36.8 Å². The molecule has 24 heavy (non-hydrogen) atoms. The van der Waals surface area contributed by atoms with Crippen LogP contribution in [0, 0.1) is 13.8 Å². The summed E-state index contributed by atoms with van der Waals surface area (Å²) in [5.41, 5.74) is 10.1. The molecule has 0 aliphatic heterocycles. The molecule has 0 spiro atoms. The van der Waals surface area contributed by atoms with Crippen molar-refractivity contribution in [3.63, 3.8) is 0 Å². The van der Waals surface area contributed by atoms with Crippen molar-refractivity contribution in [2.24, 2.45) is 5.73 Å². The van der Waals surface area contributed by atoms with Crippen LogP contribution in [0.3, 0.4) is 0 Å². The molecule has 0 saturated heterocycles. The number of hydrogen-bond donors (Lipinski definition) is 1. The summed E-state index contributed by atoms with van der Waals surface area (Å²) in [6.45, 7) is 4.17. The molecule has 0 radical (unpaired) electrons. The van der Waals surface area contributed by atoms with Gasteiger partial charge in [-0.3, -0.25) is 4.79 Å². The monoisotopic (exact) mass is 323 g/mol. The fourth-order valence-electron chi connectivity index (χ4n) is 3.36. The molecule has 1 aliphatic carbocycles. The van der Waals surface area contributed by atoms with Crippen molar-refractivity contribution in [1.82, 2.24) is 9.97 Å². The number of aryl methyl sites for hydroxylation is 2. The Morgan fingerprint density at radius 3 is 2.33 bits per heavy atom. The Hall–Kier alpha value is -2.23. The van der Waals surface area contributed by atoms with Crippen LogP contribution < -0.4 is 5.73 Å². The molecule has 1 heterocycles. The van der Waals surface area contributed by atoms with Gasteiger partial charge in [-0.25, -0.2) is 9.97 Å². The van der Waals surface area contributed by atoms with E-state index in [1.807, 2.05) is 6.07 Å². The van der Waals surface area contributed by atoms with Crippen molar-refractivity contribution in [3.8, 4) is 11.3 Å². The van der Waals surface area contributed by atoms with Gasteiger partial charge in [0.05, 0.1) is 5.69 Å². The lowest BCUT2D eigenvalue weighted by Gasteiger charge is -2.15. The first-order valence-electron chi connectivity index (χ1n) is 8.81. The summed E-state index contributed by atoms with van der Waals surface area (Å²) >= 11 is 0. The summed E-state index contributed by atoms with van der Waals surface area (Å²) in [7, 11) is 0. The molecule has 2 aromatic rings.